The highest BCUT2D eigenvalue weighted by Gasteiger charge is 2.20. The number of aliphatic hydroxyl groups excluding tert-OH is 1. The van der Waals surface area contributed by atoms with E-state index in [4.69, 9.17) is 15.2 Å². The van der Waals surface area contributed by atoms with Crippen molar-refractivity contribution in [3.8, 4) is 27.8 Å². The fourth-order valence-electron chi connectivity index (χ4n) is 3.89. The molecule has 2 heterocycles. The highest BCUT2D eigenvalue weighted by atomic mass is 32.1. The minimum absolute atomic E-state index is 0.180. The van der Waals surface area contributed by atoms with Gasteiger partial charge in [-0.2, -0.15) is 0 Å². The molecule has 37 heavy (non-hydrogen) atoms. The summed E-state index contributed by atoms with van der Waals surface area (Å²) in [4.78, 5) is 16.8. The molecule has 0 aliphatic rings. The molecular formula is C29H31N3O4S. The zero-order valence-corrected chi connectivity index (χ0v) is 21.7. The van der Waals surface area contributed by atoms with Crippen molar-refractivity contribution in [2.75, 3.05) is 13.2 Å². The molecule has 4 aromatic rings. The first-order chi connectivity index (χ1) is 17.8. The van der Waals surface area contributed by atoms with Gasteiger partial charge in [0.15, 0.2) is 0 Å². The van der Waals surface area contributed by atoms with Crippen molar-refractivity contribution in [1.29, 1.82) is 0 Å². The molecule has 7 nitrogen and oxygen atoms in total. The summed E-state index contributed by atoms with van der Waals surface area (Å²) in [6.07, 6.45) is 1.62. The molecule has 2 aromatic heterocycles. The van der Waals surface area contributed by atoms with E-state index in [0.29, 0.717) is 12.3 Å². The SMILES string of the molecule is CC(C)(Cc1ccc(Oc2ncccc2C(N)=O)cc1)NC[C@H](O)COc1ccccc1-c1cccs1. The number of para-hydroxylation sites is 1. The summed E-state index contributed by atoms with van der Waals surface area (Å²) in [5.41, 5.74) is 7.48. The number of aliphatic hydroxyl groups is 1. The Morgan fingerprint density at radius 2 is 1.86 bits per heavy atom. The number of thiophene rings is 1. The van der Waals surface area contributed by atoms with E-state index in [9.17, 15) is 9.90 Å². The van der Waals surface area contributed by atoms with Crippen LogP contribution in [0.1, 0.15) is 29.8 Å². The van der Waals surface area contributed by atoms with E-state index in [1.807, 2.05) is 60.0 Å². The van der Waals surface area contributed by atoms with Gasteiger partial charge in [0.2, 0.25) is 5.88 Å². The number of hydrogen-bond acceptors (Lipinski definition) is 7. The van der Waals surface area contributed by atoms with Crippen molar-refractivity contribution in [2.24, 2.45) is 5.73 Å². The van der Waals surface area contributed by atoms with Crippen molar-refractivity contribution >= 4 is 17.2 Å². The van der Waals surface area contributed by atoms with Gasteiger partial charge in [-0.25, -0.2) is 4.98 Å². The van der Waals surface area contributed by atoms with E-state index in [0.717, 1.165) is 28.2 Å². The lowest BCUT2D eigenvalue weighted by molar-refractivity contribution is 0.0991. The second-order valence-electron chi connectivity index (χ2n) is 9.35. The van der Waals surface area contributed by atoms with E-state index >= 15 is 0 Å². The second kappa shape index (κ2) is 12.0. The number of pyridine rings is 1. The summed E-state index contributed by atoms with van der Waals surface area (Å²) in [5, 5.41) is 16.0. The summed E-state index contributed by atoms with van der Waals surface area (Å²) in [7, 11) is 0. The molecule has 0 aliphatic heterocycles. The third kappa shape index (κ3) is 7.39. The second-order valence-corrected chi connectivity index (χ2v) is 10.3. The van der Waals surface area contributed by atoms with E-state index in [-0.39, 0.29) is 23.6 Å². The maximum atomic E-state index is 11.6. The monoisotopic (exact) mass is 517 g/mol. The Labute approximate surface area is 220 Å². The quantitative estimate of drug-likeness (QED) is 0.243. The third-order valence-corrected chi connectivity index (χ3v) is 6.64. The average Bonchev–Trinajstić information content (AvgIpc) is 3.43. The number of nitrogens with two attached hydrogens (primary N) is 1. The molecular weight excluding hydrogens is 486 g/mol. The Morgan fingerprint density at radius 3 is 2.59 bits per heavy atom. The van der Waals surface area contributed by atoms with Gasteiger partial charge in [-0.15, -0.1) is 11.3 Å². The molecule has 1 amide bonds. The molecule has 2 aromatic carbocycles. The van der Waals surface area contributed by atoms with Crippen LogP contribution in [0.25, 0.3) is 10.4 Å². The maximum absolute atomic E-state index is 11.6. The van der Waals surface area contributed by atoms with Crippen LogP contribution in [-0.4, -0.2) is 40.8 Å². The van der Waals surface area contributed by atoms with E-state index in [1.54, 1.807) is 29.7 Å². The van der Waals surface area contributed by atoms with Crippen LogP contribution in [0.3, 0.4) is 0 Å². The molecule has 0 saturated carbocycles. The number of carbonyl (C=O) groups is 1. The van der Waals surface area contributed by atoms with Crippen molar-refractivity contribution in [1.82, 2.24) is 10.3 Å². The van der Waals surface area contributed by atoms with Crippen LogP contribution in [0.2, 0.25) is 0 Å². The molecule has 0 unspecified atom stereocenters. The number of nitrogens with zero attached hydrogens (tertiary/aromatic N) is 1. The third-order valence-electron chi connectivity index (χ3n) is 5.74. The summed E-state index contributed by atoms with van der Waals surface area (Å²) in [5.74, 6) is 0.913. The van der Waals surface area contributed by atoms with Crippen molar-refractivity contribution in [3.05, 3.63) is 95.5 Å². The van der Waals surface area contributed by atoms with Gasteiger partial charge in [-0.3, -0.25) is 4.79 Å². The fraction of sp³-hybridized carbons (Fsp3) is 0.241. The minimum Gasteiger partial charge on any atom is -0.490 e. The normalized spacial score (nSPS) is 12.2. The van der Waals surface area contributed by atoms with Crippen molar-refractivity contribution in [2.45, 2.75) is 31.9 Å². The maximum Gasteiger partial charge on any atom is 0.254 e. The van der Waals surface area contributed by atoms with Crippen LogP contribution in [-0.2, 0) is 6.42 Å². The number of β-amino-alcohol motifs (C(OH)–C–C–N with tert-alkyl or cyclic N) is 1. The number of carbonyl (C=O) groups excluding carboxylic acids is 1. The van der Waals surface area contributed by atoms with E-state index in [2.05, 4.69) is 30.2 Å². The zero-order chi connectivity index (χ0) is 26.3. The minimum atomic E-state index is -0.663. The van der Waals surface area contributed by atoms with Crippen LogP contribution >= 0.6 is 11.3 Å². The Hall–Kier alpha value is -3.72. The lowest BCUT2D eigenvalue weighted by Crippen LogP contribution is -2.46. The van der Waals surface area contributed by atoms with Crippen LogP contribution in [0.5, 0.6) is 17.4 Å². The highest BCUT2D eigenvalue weighted by Crippen LogP contribution is 2.33. The summed E-state index contributed by atoms with van der Waals surface area (Å²) < 4.78 is 11.7. The lowest BCUT2D eigenvalue weighted by Gasteiger charge is -2.28. The van der Waals surface area contributed by atoms with Crippen molar-refractivity contribution < 1.29 is 19.4 Å². The van der Waals surface area contributed by atoms with Gasteiger partial charge < -0.3 is 25.6 Å². The smallest absolute Gasteiger partial charge is 0.254 e. The molecule has 0 aliphatic carbocycles. The number of rotatable bonds is 12. The highest BCUT2D eigenvalue weighted by molar-refractivity contribution is 7.13. The Kier molecular flexibility index (Phi) is 8.55. The molecule has 0 saturated heterocycles. The van der Waals surface area contributed by atoms with Crippen LogP contribution < -0.4 is 20.5 Å². The van der Waals surface area contributed by atoms with Gasteiger partial charge in [-0.1, -0.05) is 30.3 Å². The molecule has 0 spiro atoms. The molecule has 8 heteroatoms. The Bertz CT molecular complexity index is 1310. The lowest BCUT2D eigenvalue weighted by atomic mass is 9.94. The molecule has 4 N–H and O–H groups in total. The first-order valence-corrected chi connectivity index (χ1v) is 12.9. The number of aromatic nitrogens is 1. The Balaban J connectivity index is 1.28. The zero-order valence-electron chi connectivity index (χ0n) is 20.9. The number of ether oxygens (including phenoxy) is 2. The van der Waals surface area contributed by atoms with Gasteiger partial charge in [0.1, 0.15) is 29.8 Å². The number of hydrogen-bond donors (Lipinski definition) is 3. The van der Waals surface area contributed by atoms with Crippen LogP contribution in [0.4, 0.5) is 0 Å². The van der Waals surface area contributed by atoms with Gasteiger partial charge in [0, 0.05) is 28.7 Å². The molecule has 1 atom stereocenters. The number of amides is 1. The summed E-state index contributed by atoms with van der Waals surface area (Å²) in [6, 6.07) is 22.8. The summed E-state index contributed by atoms with van der Waals surface area (Å²) >= 11 is 1.66. The van der Waals surface area contributed by atoms with E-state index < -0.39 is 12.0 Å². The predicted molar refractivity (Wildman–Crippen MR) is 146 cm³/mol. The molecule has 0 fully saturated rings. The van der Waals surface area contributed by atoms with Crippen LogP contribution in [0, 0.1) is 0 Å². The van der Waals surface area contributed by atoms with Crippen molar-refractivity contribution in [3.63, 3.8) is 0 Å². The largest absolute Gasteiger partial charge is 0.490 e. The first-order valence-electron chi connectivity index (χ1n) is 12.0. The Morgan fingerprint density at radius 1 is 1.08 bits per heavy atom. The van der Waals surface area contributed by atoms with Gasteiger partial charge >= 0.3 is 0 Å². The predicted octanol–water partition coefficient (Wildman–Crippen LogP) is 5.05. The standard InChI is InChI=1S/C29H31N3O4S/c1-29(2,17-20-11-13-22(14-12-20)36-28-24(27(30)34)8-5-15-31-28)32-18-21(33)19-35-25-9-4-3-7-23(25)26-10-6-16-37-26/h3-16,21,32-33H,17-19H2,1-2H3,(H2,30,34)/t21-/m0/s1. The van der Waals surface area contributed by atoms with Gasteiger partial charge in [0.25, 0.3) is 5.91 Å². The molecule has 0 radical (unpaired) electrons. The molecule has 0 bridgehead atoms. The first kappa shape index (κ1) is 26.3. The molecule has 192 valence electrons. The number of benzene rings is 2. The molecule has 4 rings (SSSR count). The van der Waals surface area contributed by atoms with Gasteiger partial charge in [0.05, 0.1) is 0 Å². The van der Waals surface area contributed by atoms with E-state index in [1.165, 1.54) is 0 Å². The average molecular weight is 518 g/mol. The van der Waals surface area contributed by atoms with Crippen LogP contribution in [0.15, 0.2) is 84.4 Å². The number of nitrogens with one attached hydrogen (secondary N) is 1. The van der Waals surface area contributed by atoms with Gasteiger partial charge in [-0.05, 0) is 73.7 Å². The fourth-order valence-corrected chi connectivity index (χ4v) is 4.64. The topological polar surface area (TPSA) is 107 Å². The number of primary amides is 1. The summed E-state index contributed by atoms with van der Waals surface area (Å²) in [6.45, 7) is 4.76.